The highest BCUT2D eigenvalue weighted by Gasteiger charge is 2.01. The van der Waals surface area contributed by atoms with E-state index in [0.717, 1.165) is 16.9 Å². The van der Waals surface area contributed by atoms with Gasteiger partial charge < -0.3 is 4.74 Å². The van der Waals surface area contributed by atoms with Crippen LogP contribution in [-0.4, -0.2) is 16.9 Å². The average molecular weight is 248 g/mol. The van der Waals surface area contributed by atoms with Crippen molar-refractivity contribution >= 4 is 12.2 Å². The Hall–Kier alpha value is -1.39. The molecule has 0 atom stereocenters. The summed E-state index contributed by atoms with van der Waals surface area (Å²) in [5.41, 5.74) is 3.51. The van der Waals surface area contributed by atoms with Crippen molar-refractivity contribution in [2.24, 2.45) is 0 Å². The van der Waals surface area contributed by atoms with Gasteiger partial charge in [-0.2, -0.15) is 0 Å². The monoisotopic (exact) mass is 248 g/mol. The number of hydrogen-bond acceptors (Lipinski definition) is 2. The molecule has 90 valence electrons. The van der Waals surface area contributed by atoms with E-state index in [9.17, 15) is 0 Å². The molecule has 0 saturated carbocycles. The van der Waals surface area contributed by atoms with Gasteiger partial charge in [0.05, 0.1) is 18.8 Å². The molecule has 0 bridgehead atoms. The largest absolute Gasteiger partial charge is 0.378 e. The lowest BCUT2D eigenvalue weighted by Crippen LogP contribution is -2.02. The van der Waals surface area contributed by atoms with Gasteiger partial charge in [-0.25, -0.2) is 0 Å². The quantitative estimate of drug-likeness (QED) is 0.843. The normalized spacial score (nSPS) is 10.7. The molecule has 1 heterocycles. The smallest absolute Gasteiger partial charge is 0.122 e. The summed E-state index contributed by atoms with van der Waals surface area (Å²) in [4.78, 5) is 0. The molecule has 0 radical (unpaired) electrons. The minimum atomic E-state index is 0.560. The van der Waals surface area contributed by atoms with Crippen molar-refractivity contribution in [3.8, 4) is 0 Å². The summed E-state index contributed by atoms with van der Waals surface area (Å²) in [5, 5.41) is 3.24. The van der Waals surface area contributed by atoms with Crippen molar-refractivity contribution in [2.75, 3.05) is 7.11 Å². The third-order valence-corrected chi connectivity index (χ3v) is 2.90. The fourth-order valence-corrected chi connectivity index (χ4v) is 2.08. The first-order chi connectivity index (χ1) is 8.19. The molecule has 1 N–H and O–H groups in total. The molecule has 0 aliphatic heterocycles. The Labute approximate surface area is 106 Å². The number of aromatic nitrogens is 2. The summed E-state index contributed by atoms with van der Waals surface area (Å²) < 4.78 is 7.84. The SMILES string of the molecule is COCc1cc(=S)n(Cc2cccc(C)c2)[nH]1. The maximum absolute atomic E-state index is 5.30. The molecule has 0 saturated heterocycles. The van der Waals surface area contributed by atoms with E-state index in [1.807, 2.05) is 10.7 Å². The maximum Gasteiger partial charge on any atom is 0.122 e. The van der Waals surface area contributed by atoms with Gasteiger partial charge in [0.2, 0.25) is 0 Å². The number of methoxy groups -OCH3 is 1. The number of aromatic amines is 1. The average Bonchev–Trinajstić information content (AvgIpc) is 2.60. The van der Waals surface area contributed by atoms with E-state index >= 15 is 0 Å². The summed E-state index contributed by atoms with van der Waals surface area (Å²) in [7, 11) is 1.68. The number of benzene rings is 1. The van der Waals surface area contributed by atoms with Crippen LogP contribution in [0.1, 0.15) is 16.8 Å². The number of nitrogens with one attached hydrogen (secondary N) is 1. The lowest BCUT2D eigenvalue weighted by Gasteiger charge is -2.04. The Morgan fingerprint density at radius 3 is 2.88 bits per heavy atom. The lowest BCUT2D eigenvalue weighted by atomic mass is 10.1. The van der Waals surface area contributed by atoms with E-state index in [1.54, 1.807) is 7.11 Å². The van der Waals surface area contributed by atoms with Crippen LogP contribution in [0.15, 0.2) is 30.3 Å². The molecule has 0 aliphatic rings. The summed E-state index contributed by atoms with van der Waals surface area (Å²) >= 11 is 5.30. The van der Waals surface area contributed by atoms with Crippen molar-refractivity contribution in [3.63, 3.8) is 0 Å². The van der Waals surface area contributed by atoms with E-state index in [1.165, 1.54) is 11.1 Å². The van der Waals surface area contributed by atoms with Crippen molar-refractivity contribution < 1.29 is 4.74 Å². The van der Waals surface area contributed by atoms with Gasteiger partial charge in [-0.3, -0.25) is 9.78 Å². The fraction of sp³-hybridized carbons (Fsp3) is 0.308. The highest BCUT2D eigenvalue weighted by molar-refractivity contribution is 7.71. The molecular formula is C13H16N2OS. The summed E-state index contributed by atoms with van der Waals surface area (Å²) in [6.45, 7) is 3.42. The van der Waals surface area contributed by atoms with Crippen LogP contribution in [0, 0.1) is 11.6 Å². The van der Waals surface area contributed by atoms with Gasteiger partial charge >= 0.3 is 0 Å². The predicted molar refractivity (Wildman–Crippen MR) is 70.6 cm³/mol. The molecule has 2 aromatic rings. The van der Waals surface area contributed by atoms with Gasteiger partial charge in [0.25, 0.3) is 0 Å². The maximum atomic E-state index is 5.30. The Bertz CT molecular complexity index is 557. The summed E-state index contributed by atoms with van der Waals surface area (Å²) in [5.74, 6) is 0. The molecular weight excluding hydrogens is 232 g/mol. The highest BCUT2D eigenvalue weighted by atomic mass is 32.1. The third-order valence-electron chi connectivity index (χ3n) is 2.57. The molecule has 4 heteroatoms. The molecule has 3 nitrogen and oxygen atoms in total. The number of aryl methyl sites for hydroxylation is 1. The van der Waals surface area contributed by atoms with Crippen molar-refractivity contribution in [2.45, 2.75) is 20.1 Å². The second-order valence-corrected chi connectivity index (χ2v) is 4.55. The minimum Gasteiger partial charge on any atom is -0.378 e. The molecule has 0 aliphatic carbocycles. The topological polar surface area (TPSA) is 29.9 Å². The van der Waals surface area contributed by atoms with Gasteiger partial charge in [0.1, 0.15) is 4.64 Å². The van der Waals surface area contributed by atoms with Crippen molar-refractivity contribution in [1.82, 2.24) is 9.78 Å². The van der Waals surface area contributed by atoms with Gasteiger partial charge in [-0.1, -0.05) is 42.0 Å². The number of H-pyrrole nitrogens is 1. The highest BCUT2D eigenvalue weighted by Crippen LogP contribution is 2.08. The van der Waals surface area contributed by atoms with Gasteiger partial charge in [0.15, 0.2) is 0 Å². The number of hydrogen-bond donors (Lipinski definition) is 1. The van der Waals surface area contributed by atoms with Crippen LogP contribution in [0.2, 0.25) is 0 Å². The Kier molecular flexibility index (Phi) is 3.76. The molecule has 0 fully saturated rings. The zero-order valence-corrected chi connectivity index (χ0v) is 10.9. The second kappa shape index (κ2) is 5.29. The molecule has 17 heavy (non-hydrogen) atoms. The van der Waals surface area contributed by atoms with E-state index in [2.05, 4.69) is 36.3 Å². The van der Waals surface area contributed by atoms with Crippen LogP contribution in [0.3, 0.4) is 0 Å². The van der Waals surface area contributed by atoms with E-state index in [4.69, 9.17) is 17.0 Å². The van der Waals surface area contributed by atoms with Crippen molar-refractivity contribution in [1.29, 1.82) is 0 Å². The summed E-state index contributed by atoms with van der Waals surface area (Å²) in [6, 6.07) is 10.4. The Balaban J connectivity index is 2.21. The Morgan fingerprint density at radius 2 is 2.18 bits per heavy atom. The van der Waals surface area contributed by atoms with E-state index in [-0.39, 0.29) is 0 Å². The zero-order valence-electron chi connectivity index (χ0n) is 10.1. The van der Waals surface area contributed by atoms with Crippen LogP contribution in [0.5, 0.6) is 0 Å². The molecule has 1 aromatic carbocycles. The predicted octanol–water partition coefficient (Wildman–Crippen LogP) is 3.05. The number of ether oxygens (including phenoxy) is 1. The number of nitrogens with zero attached hydrogens (tertiary/aromatic N) is 1. The molecule has 0 spiro atoms. The second-order valence-electron chi connectivity index (χ2n) is 4.13. The zero-order chi connectivity index (χ0) is 12.3. The van der Waals surface area contributed by atoms with Gasteiger partial charge in [-0.05, 0) is 18.6 Å². The molecule has 1 aromatic heterocycles. The van der Waals surface area contributed by atoms with Crippen LogP contribution in [-0.2, 0) is 17.9 Å². The van der Waals surface area contributed by atoms with Gasteiger partial charge in [-0.15, -0.1) is 0 Å². The van der Waals surface area contributed by atoms with Gasteiger partial charge in [0, 0.05) is 7.11 Å². The molecule has 2 rings (SSSR count). The first-order valence-electron chi connectivity index (χ1n) is 5.52. The van der Waals surface area contributed by atoms with Crippen LogP contribution in [0.4, 0.5) is 0 Å². The molecule has 0 unspecified atom stereocenters. The lowest BCUT2D eigenvalue weighted by molar-refractivity contribution is 0.181. The van der Waals surface area contributed by atoms with Crippen LogP contribution >= 0.6 is 12.2 Å². The minimum absolute atomic E-state index is 0.560. The third kappa shape index (κ3) is 3.05. The first-order valence-corrected chi connectivity index (χ1v) is 5.93. The number of rotatable bonds is 4. The van der Waals surface area contributed by atoms with Crippen LogP contribution in [0.25, 0.3) is 0 Å². The fourth-order valence-electron chi connectivity index (χ4n) is 1.83. The van der Waals surface area contributed by atoms with Crippen LogP contribution < -0.4 is 0 Å². The van der Waals surface area contributed by atoms with E-state index < -0.39 is 0 Å². The summed E-state index contributed by atoms with van der Waals surface area (Å²) in [6.07, 6.45) is 0. The van der Waals surface area contributed by atoms with E-state index in [0.29, 0.717) is 6.61 Å². The molecule has 0 amide bonds. The Morgan fingerprint density at radius 1 is 1.35 bits per heavy atom. The first kappa shape index (κ1) is 12.1. The van der Waals surface area contributed by atoms with Crippen molar-refractivity contribution in [3.05, 3.63) is 51.8 Å². The standard InChI is InChI=1S/C13H16N2OS/c1-10-4-3-5-11(6-10)8-15-13(17)7-12(14-15)9-16-2/h3-7,14H,8-9H2,1-2H3.